The molecule has 0 aliphatic rings. The molecule has 2 aromatic rings. The number of halogens is 2. The van der Waals surface area contributed by atoms with E-state index in [9.17, 15) is 4.79 Å². The minimum absolute atomic E-state index is 0.209. The Morgan fingerprint density at radius 3 is 2.78 bits per heavy atom. The molecule has 0 aliphatic carbocycles. The minimum atomic E-state index is -0.457. The summed E-state index contributed by atoms with van der Waals surface area (Å²) in [6, 6.07) is 4.44. The second-order valence-electron chi connectivity index (χ2n) is 3.67. The highest BCUT2D eigenvalue weighted by atomic mass is 35.5. The van der Waals surface area contributed by atoms with Crippen molar-refractivity contribution in [1.82, 2.24) is 14.8 Å². The second kappa shape index (κ2) is 5.37. The molecule has 1 aromatic heterocycles. The molecule has 1 N–H and O–H groups in total. The Bertz CT molecular complexity index is 556. The van der Waals surface area contributed by atoms with E-state index in [1.165, 1.54) is 17.3 Å². The summed E-state index contributed by atoms with van der Waals surface area (Å²) in [4.78, 5) is 15.7. The fourth-order valence-electron chi connectivity index (χ4n) is 1.36. The molecule has 1 amide bonds. The van der Waals surface area contributed by atoms with Crippen LogP contribution in [0.4, 0.5) is 5.69 Å². The van der Waals surface area contributed by atoms with Crippen molar-refractivity contribution in [1.29, 1.82) is 0 Å². The summed E-state index contributed by atoms with van der Waals surface area (Å²) in [5, 5.41) is 7.47. The van der Waals surface area contributed by atoms with Crippen LogP contribution in [-0.2, 0) is 4.79 Å². The van der Waals surface area contributed by atoms with Gasteiger partial charge in [0.2, 0.25) is 5.91 Å². The Kier molecular flexibility index (Phi) is 3.84. The lowest BCUT2D eigenvalue weighted by atomic mass is 10.2. The Labute approximate surface area is 114 Å². The van der Waals surface area contributed by atoms with Gasteiger partial charge in [-0.05, 0) is 25.1 Å². The summed E-state index contributed by atoms with van der Waals surface area (Å²) < 4.78 is 1.47. The lowest BCUT2D eigenvalue weighted by Crippen LogP contribution is -2.24. The van der Waals surface area contributed by atoms with E-state index in [4.69, 9.17) is 23.2 Å². The third kappa shape index (κ3) is 2.80. The summed E-state index contributed by atoms with van der Waals surface area (Å²) in [5.41, 5.74) is 0.585. The molecule has 7 heteroatoms. The SMILES string of the molecule is C[C@@H](C(=O)Nc1ccc(Cl)c(Cl)c1)n1cncn1. The molecular formula is C11H10Cl2N4O. The summed E-state index contributed by atoms with van der Waals surface area (Å²) >= 11 is 11.7. The van der Waals surface area contributed by atoms with E-state index < -0.39 is 6.04 Å². The Balaban J connectivity index is 2.09. The highest BCUT2D eigenvalue weighted by Gasteiger charge is 2.15. The van der Waals surface area contributed by atoms with Gasteiger partial charge >= 0.3 is 0 Å². The molecule has 0 spiro atoms. The van der Waals surface area contributed by atoms with Gasteiger partial charge in [-0.15, -0.1) is 0 Å². The molecule has 0 radical (unpaired) electrons. The molecule has 1 heterocycles. The monoisotopic (exact) mass is 284 g/mol. The van der Waals surface area contributed by atoms with Gasteiger partial charge in [0.05, 0.1) is 10.0 Å². The number of anilines is 1. The van der Waals surface area contributed by atoms with Gasteiger partial charge in [0, 0.05) is 5.69 Å². The highest BCUT2D eigenvalue weighted by molar-refractivity contribution is 6.42. The third-order valence-electron chi connectivity index (χ3n) is 2.40. The van der Waals surface area contributed by atoms with Gasteiger partial charge in [-0.3, -0.25) is 4.79 Å². The number of hydrogen-bond donors (Lipinski definition) is 1. The van der Waals surface area contributed by atoms with Gasteiger partial charge < -0.3 is 5.32 Å². The number of hydrogen-bond acceptors (Lipinski definition) is 3. The van der Waals surface area contributed by atoms with Gasteiger partial charge in [-0.2, -0.15) is 5.10 Å². The van der Waals surface area contributed by atoms with Crippen LogP contribution in [0.3, 0.4) is 0 Å². The van der Waals surface area contributed by atoms with Crippen molar-refractivity contribution in [2.75, 3.05) is 5.32 Å². The smallest absolute Gasteiger partial charge is 0.249 e. The van der Waals surface area contributed by atoms with E-state index in [1.807, 2.05) is 0 Å². The molecule has 2 rings (SSSR count). The van der Waals surface area contributed by atoms with Gasteiger partial charge in [0.1, 0.15) is 18.7 Å². The Morgan fingerprint density at radius 2 is 2.17 bits per heavy atom. The Hall–Kier alpha value is -1.59. The average Bonchev–Trinajstić information content (AvgIpc) is 2.86. The van der Waals surface area contributed by atoms with Crippen LogP contribution < -0.4 is 5.32 Å². The normalized spacial score (nSPS) is 12.2. The van der Waals surface area contributed by atoms with Crippen LogP contribution >= 0.6 is 23.2 Å². The molecule has 0 aliphatic heterocycles. The average molecular weight is 285 g/mol. The number of benzene rings is 1. The summed E-state index contributed by atoms with van der Waals surface area (Å²) in [5.74, 6) is -0.209. The van der Waals surface area contributed by atoms with E-state index >= 15 is 0 Å². The van der Waals surface area contributed by atoms with E-state index in [1.54, 1.807) is 25.1 Å². The molecule has 94 valence electrons. The molecule has 1 atom stereocenters. The molecule has 0 fully saturated rings. The number of amides is 1. The fourth-order valence-corrected chi connectivity index (χ4v) is 1.66. The van der Waals surface area contributed by atoms with E-state index in [-0.39, 0.29) is 5.91 Å². The number of carbonyl (C=O) groups is 1. The quantitative estimate of drug-likeness (QED) is 0.943. The van der Waals surface area contributed by atoms with Crippen molar-refractivity contribution in [3.63, 3.8) is 0 Å². The predicted octanol–water partition coefficient (Wildman–Crippen LogP) is 2.78. The van der Waals surface area contributed by atoms with Crippen LogP contribution in [0.1, 0.15) is 13.0 Å². The first kappa shape index (κ1) is 12.9. The van der Waals surface area contributed by atoms with Gasteiger partial charge in [-0.1, -0.05) is 23.2 Å². The van der Waals surface area contributed by atoms with Crippen molar-refractivity contribution in [2.24, 2.45) is 0 Å². The van der Waals surface area contributed by atoms with Crippen LogP contribution in [0.5, 0.6) is 0 Å². The van der Waals surface area contributed by atoms with E-state index in [0.29, 0.717) is 15.7 Å². The molecule has 18 heavy (non-hydrogen) atoms. The van der Waals surface area contributed by atoms with Crippen molar-refractivity contribution in [3.05, 3.63) is 40.9 Å². The first-order chi connectivity index (χ1) is 8.58. The molecule has 1 aromatic carbocycles. The second-order valence-corrected chi connectivity index (χ2v) is 4.48. The molecule has 0 saturated carbocycles. The highest BCUT2D eigenvalue weighted by Crippen LogP contribution is 2.25. The summed E-state index contributed by atoms with van der Waals surface area (Å²) in [6.45, 7) is 1.72. The van der Waals surface area contributed by atoms with Crippen LogP contribution in [0.15, 0.2) is 30.9 Å². The maximum atomic E-state index is 11.9. The number of carbonyl (C=O) groups excluding carboxylic acids is 1. The zero-order valence-corrected chi connectivity index (χ0v) is 11.0. The summed E-state index contributed by atoms with van der Waals surface area (Å²) in [7, 11) is 0. The number of nitrogens with zero attached hydrogens (tertiary/aromatic N) is 3. The zero-order valence-electron chi connectivity index (χ0n) is 9.47. The first-order valence-electron chi connectivity index (χ1n) is 5.18. The van der Waals surface area contributed by atoms with E-state index in [2.05, 4.69) is 15.4 Å². The number of aromatic nitrogens is 3. The first-order valence-corrected chi connectivity index (χ1v) is 5.93. The maximum absolute atomic E-state index is 11.9. The van der Waals surface area contributed by atoms with Crippen molar-refractivity contribution in [3.8, 4) is 0 Å². The van der Waals surface area contributed by atoms with Crippen molar-refractivity contribution >= 4 is 34.8 Å². The van der Waals surface area contributed by atoms with Gasteiger partial charge in [-0.25, -0.2) is 9.67 Å². The van der Waals surface area contributed by atoms with Crippen LogP contribution in [0.2, 0.25) is 10.0 Å². The summed E-state index contributed by atoms with van der Waals surface area (Å²) in [6.07, 6.45) is 2.86. The van der Waals surface area contributed by atoms with Crippen LogP contribution in [-0.4, -0.2) is 20.7 Å². The molecule has 5 nitrogen and oxygen atoms in total. The van der Waals surface area contributed by atoms with Crippen LogP contribution in [0.25, 0.3) is 0 Å². The van der Waals surface area contributed by atoms with Crippen molar-refractivity contribution in [2.45, 2.75) is 13.0 Å². The lowest BCUT2D eigenvalue weighted by molar-refractivity contribution is -0.119. The van der Waals surface area contributed by atoms with Gasteiger partial charge in [0.15, 0.2) is 0 Å². The van der Waals surface area contributed by atoms with E-state index in [0.717, 1.165) is 0 Å². The number of rotatable bonds is 3. The van der Waals surface area contributed by atoms with Crippen molar-refractivity contribution < 1.29 is 4.79 Å². The van der Waals surface area contributed by atoms with Gasteiger partial charge in [0.25, 0.3) is 0 Å². The predicted molar refractivity (Wildman–Crippen MR) is 69.8 cm³/mol. The Morgan fingerprint density at radius 1 is 1.39 bits per heavy atom. The molecule has 0 bridgehead atoms. The lowest BCUT2D eigenvalue weighted by Gasteiger charge is -2.12. The minimum Gasteiger partial charge on any atom is -0.324 e. The number of nitrogens with one attached hydrogen (secondary N) is 1. The largest absolute Gasteiger partial charge is 0.324 e. The molecule has 0 saturated heterocycles. The fraction of sp³-hybridized carbons (Fsp3) is 0.182. The standard InChI is InChI=1S/C11H10Cl2N4O/c1-7(17-6-14-5-15-17)11(18)16-8-2-3-9(12)10(13)4-8/h2-7H,1H3,(H,16,18)/t7-/m0/s1. The zero-order chi connectivity index (χ0) is 13.1. The van der Waals surface area contributed by atoms with Crippen LogP contribution in [0, 0.1) is 0 Å². The molecule has 0 unspecified atom stereocenters. The maximum Gasteiger partial charge on any atom is 0.249 e. The third-order valence-corrected chi connectivity index (χ3v) is 3.14. The molecular weight excluding hydrogens is 275 g/mol. The topological polar surface area (TPSA) is 59.8 Å².